The van der Waals surface area contributed by atoms with Gasteiger partial charge in [0, 0.05) is 11.1 Å². The summed E-state index contributed by atoms with van der Waals surface area (Å²) in [6, 6.07) is 6.92. The smallest absolute Gasteiger partial charge is 0.296 e. The molecular formula is C14H15ClF3N. The predicted octanol–water partition coefficient (Wildman–Crippen LogP) is 4.48. The number of hydrogen-bond acceptors (Lipinski definition) is 1. The molecule has 5 heteroatoms. The highest BCUT2D eigenvalue weighted by Crippen LogP contribution is 2.52. The summed E-state index contributed by atoms with van der Waals surface area (Å²) in [5.74, 6) is 0.320. The maximum absolute atomic E-state index is 13.0. The standard InChI is InChI=1S/C14H15ClF3N/c15-11-5-3-10(4-6-11)12(9-1-2-9)19-13(7-8-13)14(16,17)18/h3-6,9,12,19H,1-2,7-8H2. The molecule has 1 nitrogen and oxygen atoms in total. The lowest BCUT2D eigenvalue weighted by atomic mass is 10.0. The van der Waals surface area contributed by atoms with Gasteiger partial charge in [0.15, 0.2) is 0 Å². The third-order valence-electron chi connectivity index (χ3n) is 4.05. The van der Waals surface area contributed by atoms with Gasteiger partial charge < -0.3 is 0 Å². The molecule has 2 aliphatic rings. The fourth-order valence-corrected chi connectivity index (χ4v) is 2.63. The fraction of sp³-hybridized carbons (Fsp3) is 0.571. The predicted molar refractivity (Wildman–Crippen MR) is 68.1 cm³/mol. The number of halogens is 4. The van der Waals surface area contributed by atoms with Crippen molar-refractivity contribution >= 4 is 11.6 Å². The number of nitrogens with one attached hydrogen (secondary N) is 1. The van der Waals surface area contributed by atoms with Gasteiger partial charge in [-0.15, -0.1) is 0 Å². The first-order chi connectivity index (χ1) is 8.91. The van der Waals surface area contributed by atoms with Crippen LogP contribution in [0.5, 0.6) is 0 Å². The summed E-state index contributed by atoms with van der Waals surface area (Å²) in [6.45, 7) is 0. The Hall–Kier alpha value is -0.740. The molecule has 1 aromatic rings. The molecule has 1 unspecified atom stereocenters. The van der Waals surface area contributed by atoms with Gasteiger partial charge in [0.1, 0.15) is 5.54 Å². The molecular weight excluding hydrogens is 275 g/mol. The van der Waals surface area contributed by atoms with E-state index >= 15 is 0 Å². The number of benzene rings is 1. The van der Waals surface area contributed by atoms with Gasteiger partial charge in [-0.2, -0.15) is 13.2 Å². The molecule has 2 fully saturated rings. The van der Waals surface area contributed by atoms with Crippen LogP contribution in [0.25, 0.3) is 0 Å². The second-order valence-corrected chi connectivity index (χ2v) is 6.03. The summed E-state index contributed by atoms with van der Waals surface area (Å²) in [5, 5.41) is 3.48. The van der Waals surface area contributed by atoms with E-state index in [0.717, 1.165) is 18.4 Å². The average Bonchev–Trinajstić information content (AvgIpc) is 3.20. The highest BCUT2D eigenvalue weighted by atomic mass is 35.5. The number of rotatable bonds is 4. The first-order valence-electron chi connectivity index (χ1n) is 6.51. The van der Waals surface area contributed by atoms with Gasteiger partial charge in [0.25, 0.3) is 0 Å². The summed E-state index contributed by atoms with van der Waals surface area (Å²) in [4.78, 5) is 0. The Morgan fingerprint density at radius 1 is 1.16 bits per heavy atom. The largest absolute Gasteiger partial charge is 0.406 e. The van der Waals surface area contributed by atoms with E-state index in [2.05, 4.69) is 5.32 Å². The quantitative estimate of drug-likeness (QED) is 0.862. The van der Waals surface area contributed by atoms with Crippen LogP contribution in [-0.4, -0.2) is 11.7 Å². The van der Waals surface area contributed by atoms with Crippen molar-refractivity contribution in [2.24, 2.45) is 5.92 Å². The van der Waals surface area contributed by atoms with E-state index in [0.29, 0.717) is 10.9 Å². The molecule has 2 saturated carbocycles. The van der Waals surface area contributed by atoms with Crippen molar-refractivity contribution in [1.82, 2.24) is 5.32 Å². The van der Waals surface area contributed by atoms with Crippen LogP contribution in [0.3, 0.4) is 0 Å². The second-order valence-electron chi connectivity index (χ2n) is 5.59. The van der Waals surface area contributed by atoms with Crippen molar-refractivity contribution in [3.8, 4) is 0 Å². The Kier molecular flexibility index (Phi) is 3.06. The third-order valence-corrected chi connectivity index (χ3v) is 4.30. The Bertz CT molecular complexity index is 461. The monoisotopic (exact) mass is 289 g/mol. The number of alkyl halides is 3. The zero-order valence-electron chi connectivity index (χ0n) is 10.3. The van der Waals surface area contributed by atoms with Gasteiger partial charge >= 0.3 is 6.18 Å². The van der Waals surface area contributed by atoms with E-state index < -0.39 is 11.7 Å². The molecule has 19 heavy (non-hydrogen) atoms. The van der Waals surface area contributed by atoms with E-state index in [1.165, 1.54) is 0 Å². The Balaban J connectivity index is 1.81. The van der Waals surface area contributed by atoms with Crippen LogP contribution in [0.15, 0.2) is 24.3 Å². The highest BCUT2D eigenvalue weighted by molar-refractivity contribution is 6.30. The minimum absolute atomic E-state index is 0.188. The van der Waals surface area contributed by atoms with Gasteiger partial charge in [-0.05, 0) is 49.3 Å². The Labute approximate surface area is 115 Å². The molecule has 0 heterocycles. The lowest BCUT2D eigenvalue weighted by Crippen LogP contribution is -2.47. The summed E-state index contributed by atoms with van der Waals surface area (Å²) in [5.41, 5.74) is -0.748. The SMILES string of the molecule is FC(F)(F)C1(NC(c2ccc(Cl)cc2)C2CC2)CC1. The van der Waals surface area contributed by atoms with Crippen LogP contribution in [0.2, 0.25) is 5.02 Å². The van der Waals surface area contributed by atoms with Crippen molar-refractivity contribution in [3.63, 3.8) is 0 Å². The third kappa shape index (κ3) is 2.61. The summed E-state index contributed by atoms with van der Waals surface area (Å²) in [7, 11) is 0. The fourth-order valence-electron chi connectivity index (χ4n) is 2.51. The van der Waals surface area contributed by atoms with Crippen molar-refractivity contribution < 1.29 is 13.2 Å². The molecule has 2 aliphatic carbocycles. The lowest BCUT2D eigenvalue weighted by Gasteiger charge is -2.28. The topological polar surface area (TPSA) is 12.0 Å². The Morgan fingerprint density at radius 3 is 2.16 bits per heavy atom. The maximum atomic E-state index is 13.0. The maximum Gasteiger partial charge on any atom is 0.406 e. The normalized spacial score (nSPS) is 23.2. The molecule has 3 rings (SSSR count). The van der Waals surface area contributed by atoms with Crippen LogP contribution < -0.4 is 5.32 Å². The van der Waals surface area contributed by atoms with Gasteiger partial charge in [0.05, 0.1) is 0 Å². The molecule has 0 bridgehead atoms. The first-order valence-corrected chi connectivity index (χ1v) is 6.89. The van der Waals surface area contributed by atoms with E-state index in [1.54, 1.807) is 12.1 Å². The molecule has 104 valence electrons. The summed E-state index contributed by atoms with van der Waals surface area (Å²) in [6.07, 6.45) is -1.80. The number of hydrogen-bond donors (Lipinski definition) is 1. The van der Waals surface area contributed by atoms with E-state index in [9.17, 15) is 13.2 Å². The zero-order valence-corrected chi connectivity index (χ0v) is 11.1. The molecule has 0 aromatic heterocycles. The van der Waals surface area contributed by atoms with Gasteiger partial charge in [-0.1, -0.05) is 23.7 Å². The van der Waals surface area contributed by atoms with Crippen LogP contribution in [-0.2, 0) is 0 Å². The average molecular weight is 290 g/mol. The van der Waals surface area contributed by atoms with Crippen LogP contribution >= 0.6 is 11.6 Å². The minimum atomic E-state index is -4.16. The zero-order chi connectivity index (χ0) is 13.7. The summed E-state index contributed by atoms with van der Waals surface area (Å²) < 4.78 is 39.1. The highest BCUT2D eigenvalue weighted by Gasteiger charge is 2.64. The second kappa shape index (κ2) is 4.38. The molecule has 1 aromatic carbocycles. The van der Waals surface area contributed by atoms with Gasteiger partial charge in [-0.3, -0.25) is 5.32 Å². The molecule has 0 radical (unpaired) electrons. The van der Waals surface area contributed by atoms with Gasteiger partial charge in [0.2, 0.25) is 0 Å². The van der Waals surface area contributed by atoms with Crippen LogP contribution in [0, 0.1) is 5.92 Å². The molecule has 0 saturated heterocycles. The van der Waals surface area contributed by atoms with E-state index in [4.69, 9.17) is 11.6 Å². The van der Waals surface area contributed by atoms with Crippen molar-refractivity contribution in [2.45, 2.75) is 43.4 Å². The van der Waals surface area contributed by atoms with Crippen molar-refractivity contribution in [3.05, 3.63) is 34.9 Å². The molecule has 1 atom stereocenters. The van der Waals surface area contributed by atoms with Gasteiger partial charge in [-0.25, -0.2) is 0 Å². The Morgan fingerprint density at radius 2 is 1.74 bits per heavy atom. The molecule has 0 spiro atoms. The minimum Gasteiger partial charge on any atom is -0.296 e. The van der Waals surface area contributed by atoms with E-state index in [1.807, 2.05) is 12.1 Å². The van der Waals surface area contributed by atoms with Crippen molar-refractivity contribution in [2.75, 3.05) is 0 Å². The first kappa shape index (κ1) is 13.3. The molecule has 0 amide bonds. The van der Waals surface area contributed by atoms with Crippen LogP contribution in [0.4, 0.5) is 13.2 Å². The lowest BCUT2D eigenvalue weighted by molar-refractivity contribution is -0.168. The van der Waals surface area contributed by atoms with Crippen molar-refractivity contribution in [1.29, 1.82) is 0 Å². The molecule has 0 aliphatic heterocycles. The van der Waals surface area contributed by atoms with Crippen LogP contribution in [0.1, 0.15) is 37.3 Å². The molecule has 1 N–H and O–H groups in total. The summed E-state index contributed by atoms with van der Waals surface area (Å²) >= 11 is 5.83. The van der Waals surface area contributed by atoms with E-state index in [-0.39, 0.29) is 18.9 Å².